The maximum Gasteiger partial charge on any atom is 0.179 e. The van der Waals surface area contributed by atoms with Gasteiger partial charge < -0.3 is 15.8 Å². The summed E-state index contributed by atoms with van der Waals surface area (Å²) in [5, 5.41) is 3.22. The Bertz CT molecular complexity index is 419. The lowest BCUT2D eigenvalue weighted by atomic mass is 10.0. The number of Topliss-reactive ketones (excluding diaryl/α,β-unsaturated/α-hetero) is 1. The van der Waals surface area contributed by atoms with Crippen LogP contribution >= 0.6 is 0 Å². The van der Waals surface area contributed by atoms with Crippen LogP contribution in [0.3, 0.4) is 0 Å². The molecular formula is C15H24N2O2. The lowest BCUT2D eigenvalue weighted by Gasteiger charge is -2.14. The van der Waals surface area contributed by atoms with Gasteiger partial charge >= 0.3 is 0 Å². The van der Waals surface area contributed by atoms with Crippen LogP contribution in [0.25, 0.3) is 0 Å². The van der Waals surface area contributed by atoms with Crippen molar-refractivity contribution in [3.8, 4) is 5.75 Å². The van der Waals surface area contributed by atoms with Crippen molar-refractivity contribution in [1.82, 2.24) is 5.32 Å². The molecule has 1 atom stereocenters. The van der Waals surface area contributed by atoms with Crippen molar-refractivity contribution in [2.45, 2.75) is 39.7 Å². The van der Waals surface area contributed by atoms with Crippen LogP contribution in [0.4, 0.5) is 5.69 Å². The second-order valence-corrected chi connectivity index (χ2v) is 4.58. The Morgan fingerprint density at radius 1 is 1.42 bits per heavy atom. The van der Waals surface area contributed by atoms with Crippen molar-refractivity contribution < 1.29 is 9.53 Å². The van der Waals surface area contributed by atoms with Gasteiger partial charge in [0.1, 0.15) is 5.75 Å². The van der Waals surface area contributed by atoms with Gasteiger partial charge in [-0.2, -0.15) is 0 Å². The molecule has 0 amide bonds. The molecule has 0 fully saturated rings. The number of ketones is 1. The van der Waals surface area contributed by atoms with E-state index in [0.717, 1.165) is 19.4 Å². The molecule has 0 spiro atoms. The van der Waals surface area contributed by atoms with E-state index >= 15 is 0 Å². The van der Waals surface area contributed by atoms with Gasteiger partial charge in [-0.25, -0.2) is 0 Å². The molecule has 4 heteroatoms. The van der Waals surface area contributed by atoms with Crippen molar-refractivity contribution in [3.63, 3.8) is 0 Å². The van der Waals surface area contributed by atoms with E-state index in [4.69, 9.17) is 10.5 Å². The minimum atomic E-state index is -0.191. The topological polar surface area (TPSA) is 64.3 Å². The van der Waals surface area contributed by atoms with E-state index < -0.39 is 0 Å². The molecule has 1 unspecified atom stereocenters. The number of hydrogen-bond donors (Lipinski definition) is 2. The summed E-state index contributed by atoms with van der Waals surface area (Å²) >= 11 is 0. The predicted octanol–water partition coefficient (Wildman–Crippen LogP) is 2.63. The van der Waals surface area contributed by atoms with Gasteiger partial charge in [-0.3, -0.25) is 4.79 Å². The molecule has 0 aliphatic heterocycles. The first-order valence-electron chi connectivity index (χ1n) is 6.90. The van der Waals surface area contributed by atoms with Gasteiger partial charge in [0.15, 0.2) is 5.78 Å². The zero-order valence-corrected chi connectivity index (χ0v) is 12.0. The Kier molecular flexibility index (Phi) is 6.36. The average Bonchev–Trinajstić information content (AvgIpc) is 2.40. The Morgan fingerprint density at radius 2 is 2.16 bits per heavy atom. The number of benzene rings is 1. The van der Waals surface area contributed by atoms with Gasteiger partial charge in [0.2, 0.25) is 0 Å². The summed E-state index contributed by atoms with van der Waals surface area (Å²) in [6.07, 6.45) is 2.19. The zero-order chi connectivity index (χ0) is 14.3. The Hall–Kier alpha value is -1.55. The average molecular weight is 264 g/mol. The van der Waals surface area contributed by atoms with E-state index in [9.17, 15) is 4.79 Å². The number of carbonyl (C=O) groups excluding carboxylic acids is 1. The van der Waals surface area contributed by atoms with Crippen LogP contribution in [0, 0.1) is 0 Å². The second kappa shape index (κ2) is 7.79. The molecule has 3 N–H and O–H groups in total. The summed E-state index contributed by atoms with van der Waals surface area (Å²) in [5.74, 6) is 0.691. The number of rotatable bonds is 8. The fourth-order valence-corrected chi connectivity index (χ4v) is 1.83. The van der Waals surface area contributed by atoms with Gasteiger partial charge in [-0.15, -0.1) is 0 Å². The lowest BCUT2D eigenvalue weighted by Crippen LogP contribution is -2.34. The first-order valence-corrected chi connectivity index (χ1v) is 6.90. The first kappa shape index (κ1) is 15.5. The van der Waals surface area contributed by atoms with Gasteiger partial charge in [0.05, 0.1) is 18.3 Å². The highest BCUT2D eigenvalue weighted by atomic mass is 16.5. The van der Waals surface area contributed by atoms with Gasteiger partial charge in [0.25, 0.3) is 0 Å². The lowest BCUT2D eigenvalue weighted by molar-refractivity contribution is 0.0951. The van der Waals surface area contributed by atoms with Gasteiger partial charge in [-0.05, 0) is 45.0 Å². The molecule has 19 heavy (non-hydrogen) atoms. The number of nitrogen functional groups attached to an aromatic ring is 1. The quantitative estimate of drug-likeness (QED) is 0.430. The molecule has 1 rings (SSSR count). The highest BCUT2D eigenvalue weighted by Crippen LogP contribution is 2.23. The summed E-state index contributed by atoms with van der Waals surface area (Å²) in [6.45, 7) is 7.33. The van der Waals surface area contributed by atoms with Crippen LogP contribution < -0.4 is 15.8 Å². The molecule has 0 aliphatic carbocycles. The monoisotopic (exact) mass is 264 g/mol. The summed E-state index contributed by atoms with van der Waals surface area (Å²) < 4.78 is 5.36. The summed E-state index contributed by atoms with van der Waals surface area (Å²) in [5.41, 5.74) is 7.00. The molecule has 0 saturated carbocycles. The standard InChI is InChI=1S/C15H24N2O2/c1-4-6-9-17-11(3)15(18)12-7-8-14(19-5-2)13(16)10-12/h7-8,10-11,17H,4-6,9,16H2,1-3H3. The van der Waals surface area contributed by atoms with Crippen LogP contribution in [0.5, 0.6) is 5.75 Å². The van der Waals surface area contributed by atoms with E-state index in [0.29, 0.717) is 23.6 Å². The molecule has 0 aromatic heterocycles. The normalized spacial score (nSPS) is 12.2. The van der Waals surface area contributed by atoms with Gasteiger partial charge in [0, 0.05) is 5.56 Å². The minimum absolute atomic E-state index is 0.0610. The number of ether oxygens (including phenoxy) is 1. The summed E-state index contributed by atoms with van der Waals surface area (Å²) in [6, 6.07) is 5.02. The van der Waals surface area contributed by atoms with Crippen LogP contribution in [-0.4, -0.2) is 25.0 Å². The van der Waals surface area contributed by atoms with E-state index in [2.05, 4.69) is 12.2 Å². The third-order valence-corrected chi connectivity index (χ3v) is 2.97. The maximum atomic E-state index is 12.2. The molecule has 0 bridgehead atoms. The fourth-order valence-electron chi connectivity index (χ4n) is 1.83. The van der Waals surface area contributed by atoms with E-state index in [1.165, 1.54) is 0 Å². The third-order valence-electron chi connectivity index (χ3n) is 2.97. The van der Waals surface area contributed by atoms with Crippen molar-refractivity contribution in [3.05, 3.63) is 23.8 Å². The molecule has 106 valence electrons. The minimum Gasteiger partial charge on any atom is -0.492 e. The van der Waals surface area contributed by atoms with Crippen LogP contribution in [-0.2, 0) is 0 Å². The third kappa shape index (κ3) is 4.56. The first-order chi connectivity index (χ1) is 9.10. The van der Waals surface area contributed by atoms with E-state index in [1.54, 1.807) is 18.2 Å². The van der Waals surface area contributed by atoms with E-state index in [-0.39, 0.29) is 11.8 Å². The highest BCUT2D eigenvalue weighted by Gasteiger charge is 2.15. The summed E-state index contributed by atoms with van der Waals surface area (Å²) in [4.78, 5) is 12.2. The number of nitrogens with one attached hydrogen (secondary N) is 1. The molecule has 0 heterocycles. The SMILES string of the molecule is CCCCNC(C)C(=O)c1ccc(OCC)c(N)c1. The fraction of sp³-hybridized carbons (Fsp3) is 0.533. The Morgan fingerprint density at radius 3 is 2.74 bits per heavy atom. The molecule has 0 aliphatic rings. The van der Waals surface area contributed by atoms with Gasteiger partial charge in [-0.1, -0.05) is 13.3 Å². The molecule has 0 radical (unpaired) electrons. The van der Waals surface area contributed by atoms with Crippen molar-refractivity contribution in [1.29, 1.82) is 0 Å². The highest BCUT2D eigenvalue weighted by molar-refractivity contribution is 6.00. The molecule has 1 aromatic rings. The smallest absolute Gasteiger partial charge is 0.179 e. The van der Waals surface area contributed by atoms with Crippen molar-refractivity contribution in [2.75, 3.05) is 18.9 Å². The van der Waals surface area contributed by atoms with E-state index in [1.807, 2.05) is 13.8 Å². The van der Waals surface area contributed by atoms with Crippen LogP contribution in [0.1, 0.15) is 44.0 Å². The Labute approximate surface area is 115 Å². The maximum absolute atomic E-state index is 12.2. The van der Waals surface area contributed by atoms with Crippen molar-refractivity contribution >= 4 is 11.5 Å². The second-order valence-electron chi connectivity index (χ2n) is 4.58. The molecular weight excluding hydrogens is 240 g/mol. The molecule has 0 saturated heterocycles. The summed E-state index contributed by atoms with van der Waals surface area (Å²) in [7, 11) is 0. The predicted molar refractivity (Wildman–Crippen MR) is 78.7 cm³/mol. The largest absolute Gasteiger partial charge is 0.492 e. The number of carbonyl (C=O) groups is 1. The molecule has 4 nitrogen and oxygen atoms in total. The van der Waals surface area contributed by atoms with Crippen molar-refractivity contribution in [2.24, 2.45) is 0 Å². The number of nitrogens with two attached hydrogens (primary N) is 1. The Balaban J connectivity index is 2.68. The zero-order valence-electron chi connectivity index (χ0n) is 12.0. The van der Waals surface area contributed by atoms with Crippen LogP contribution in [0.15, 0.2) is 18.2 Å². The number of hydrogen-bond acceptors (Lipinski definition) is 4. The number of unbranched alkanes of at least 4 members (excludes halogenated alkanes) is 1. The van der Waals surface area contributed by atoms with Crippen LogP contribution in [0.2, 0.25) is 0 Å². The molecule has 1 aromatic carbocycles. The number of anilines is 1.